The number of benzene rings is 1. The summed E-state index contributed by atoms with van der Waals surface area (Å²) < 4.78 is 7.84. The van der Waals surface area contributed by atoms with Gasteiger partial charge in [0.2, 0.25) is 0 Å². The number of fused-ring (bicyclic) bond motifs is 1. The van der Waals surface area contributed by atoms with Crippen LogP contribution < -0.4 is 9.64 Å². The number of aromatic nitrogens is 4. The average molecular weight is 388 g/mol. The normalized spacial score (nSPS) is 17.6. The van der Waals surface area contributed by atoms with Crippen LogP contribution in [-0.4, -0.2) is 33.4 Å². The first-order valence-electron chi connectivity index (χ1n) is 7.93. The summed E-state index contributed by atoms with van der Waals surface area (Å²) in [6, 6.07) is 8.61. The molecule has 4 rings (SSSR count). The molecule has 0 unspecified atom stereocenters. The summed E-state index contributed by atoms with van der Waals surface area (Å²) in [6.07, 6.45) is 3.87. The molecule has 6 nitrogen and oxygen atoms in total. The fraction of sp³-hybridized carbons (Fsp3) is 0.353. The van der Waals surface area contributed by atoms with E-state index < -0.39 is 0 Å². The third kappa shape index (κ3) is 2.43. The van der Waals surface area contributed by atoms with Crippen molar-refractivity contribution in [3.8, 4) is 5.75 Å². The first-order valence-corrected chi connectivity index (χ1v) is 8.72. The Hall–Kier alpha value is -2.15. The van der Waals surface area contributed by atoms with Crippen LogP contribution in [0, 0.1) is 0 Å². The Bertz CT molecular complexity index is 877. The third-order valence-electron chi connectivity index (χ3n) is 4.58. The Labute approximate surface area is 148 Å². The molecule has 1 aromatic carbocycles. The van der Waals surface area contributed by atoms with Crippen molar-refractivity contribution >= 4 is 32.8 Å². The molecular formula is C17H18BrN5O. The number of rotatable bonds is 3. The maximum Gasteiger partial charge on any atom is 0.164 e. The molecule has 0 spiro atoms. The number of hydrogen-bond donors (Lipinski definition) is 0. The number of anilines is 1. The Kier molecular flexibility index (Phi) is 3.88. The average Bonchev–Trinajstić information content (AvgIpc) is 3.20. The van der Waals surface area contributed by atoms with E-state index in [1.54, 1.807) is 18.1 Å². The molecule has 3 heterocycles. The molecule has 24 heavy (non-hydrogen) atoms. The molecular weight excluding hydrogens is 370 g/mol. The summed E-state index contributed by atoms with van der Waals surface area (Å²) in [5.74, 6) is 1.82. The van der Waals surface area contributed by atoms with Crippen LogP contribution in [0.4, 0.5) is 5.82 Å². The highest BCUT2D eigenvalue weighted by Gasteiger charge is 2.30. The molecule has 7 heteroatoms. The molecule has 124 valence electrons. The van der Waals surface area contributed by atoms with E-state index in [0.29, 0.717) is 6.04 Å². The Morgan fingerprint density at radius 1 is 1.21 bits per heavy atom. The largest absolute Gasteiger partial charge is 0.497 e. The molecule has 3 aromatic rings. The van der Waals surface area contributed by atoms with Crippen LogP contribution in [0.15, 0.2) is 35.2 Å². The van der Waals surface area contributed by atoms with E-state index in [0.717, 1.165) is 46.6 Å². The highest BCUT2D eigenvalue weighted by Crippen LogP contribution is 2.39. The molecule has 0 bridgehead atoms. The van der Waals surface area contributed by atoms with E-state index in [2.05, 4.69) is 48.0 Å². The first kappa shape index (κ1) is 15.4. The smallest absolute Gasteiger partial charge is 0.164 e. The van der Waals surface area contributed by atoms with Gasteiger partial charge >= 0.3 is 0 Å². The van der Waals surface area contributed by atoms with Gasteiger partial charge in [-0.25, -0.2) is 14.6 Å². The minimum Gasteiger partial charge on any atom is -0.497 e. The lowest BCUT2D eigenvalue weighted by atomic mass is 10.0. The van der Waals surface area contributed by atoms with Gasteiger partial charge in [0.05, 0.1) is 18.5 Å². The summed E-state index contributed by atoms with van der Waals surface area (Å²) in [6.45, 7) is 0.976. The van der Waals surface area contributed by atoms with Crippen LogP contribution in [0.5, 0.6) is 5.75 Å². The van der Waals surface area contributed by atoms with Gasteiger partial charge in [-0.05, 0) is 46.5 Å². The van der Waals surface area contributed by atoms with Gasteiger partial charge in [-0.3, -0.25) is 0 Å². The molecule has 1 aliphatic rings. The highest BCUT2D eigenvalue weighted by molar-refractivity contribution is 9.10. The number of nitrogens with zero attached hydrogens (tertiary/aromatic N) is 5. The number of methoxy groups -OCH3 is 1. The van der Waals surface area contributed by atoms with Crippen molar-refractivity contribution in [2.45, 2.75) is 18.9 Å². The van der Waals surface area contributed by atoms with E-state index in [1.165, 1.54) is 5.56 Å². The second-order valence-corrected chi connectivity index (χ2v) is 6.69. The van der Waals surface area contributed by atoms with Gasteiger partial charge in [0.15, 0.2) is 5.65 Å². The molecule has 1 aliphatic heterocycles. The van der Waals surface area contributed by atoms with E-state index in [4.69, 9.17) is 4.74 Å². The quantitative estimate of drug-likeness (QED) is 0.688. The van der Waals surface area contributed by atoms with E-state index >= 15 is 0 Å². The van der Waals surface area contributed by atoms with Crippen molar-refractivity contribution in [2.24, 2.45) is 7.05 Å². The molecule has 1 saturated heterocycles. The van der Waals surface area contributed by atoms with Crippen molar-refractivity contribution in [3.63, 3.8) is 0 Å². The SMILES string of the molecule is COc1ccc([C@H]2CCCN2c2ncnc3c2c(Br)nn3C)cc1. The topological polar surface area (TPSA) is 56.1 Å². The van der Waals surface area contributed by atoms with Crippen molar-refractivity contribution in [2.75, 3.05) is 18.6 Å². The minimum absolute atomic E-state index is 0.307. The summed E-state index contributed by atoms with van der Waals surface area (Å²) in [4.78, 5) is 11.3. The number of hydrogen-bond acceptors (Lipinski definition) is 5. The zero-order chi connectivity index (χ0) is 16.7. The maximum absolute atomic E-state index is 5.27. The molecule has 0 amide bonds. The highest BCUT2D eigenvalue weighted by atomic mass is 79.9. The Balaban J connectivity index is 1.77. The molecule has 0 radical (unpaired) electrons. The van der Waals surface area contributed by atoms with Gasteiger partial charge in [0, 0.05) is 13.6 Å². The predicted molar refractivity (Wildman–Crippen MR) is 96.3 cm³/mol. The Morgan fingerprint density at radius 2 is 2.00 bits per heavy atom. The third-order valence-corrected chi connectivity index (χ3v) is 5.14. The first-order chi connectivity index (χ1) is 11.7. The molecule has 0 N–H and O–H groups in total. The maximum atomic E-state index is 5.27. The molecule has 0 aliphatic carbocycles. The number of ether oxygens (including phenoxy) is 1. The molecule has 1 fully saturated rings. The van der Waals surface area contributed by atoms with Gasteiger partial charge in [-0.15, -0.1) is 0 Å². The fourth-order valence-corrected chi connectivity index (χ4v) is 4.03. The Morgan fingerprint density at radius 3 is 2.75 bits per heavy atom. The lowest BCUT2D eigenvalue weighted by Gasteiger charge is -2.26. The lowest BCUT2D eigenvalue weighted by Crippen LogP contribution is -2.24. The van der Waals surface area contributed by atoms with E-state index in [9.17, 15) is 0 Å². The van der Waals surface area contributed by atoms with Gasteiger partial charge in [-0.2, -0.15) is 5.10 Å². The van der Waals surface area contributed by atoms with Crippen LogP contribution >= 0.6 is 15.9 Å². The zero-order valence-corrected chi connectivity index (χ0v) is 15.2. The van der Waals surface area contributed by atoms with Gasteiger partial charge < -0.3 is 9.64 Å². The number of aryl methyl sites for hydroxylation is 1. The van der Waals surface area contributed by atoms with E-state index in [1.807, 2.05) is 19.2 Å². The second-order valence-electron chi connectivity index (χ2n) is 5.93. The van der Waals surface area contributed by atoms with Gasteiger partial charge in [-0.1, -0.05) is 12.1 Å². The summed E-state index contributed by atoms with van der Waals surface area (Å²) in [5.41, 5.74) is 2.12. The van der Waals surface area contributed by atoms with Gasteiger partial charge in [0.1, 0.15) is 22.5 Å². The van der Waals surface area contributed by atoms with Crippen molar-refractivity contribution in [1.29, 1.82) is 0 Å². The standard InChI is InChI=1S/C17H18BrN5O/c1-22-16-14(15(18)21-22)17(20-10-19-16)23-9-3-4-13(23)11-5-7-12(24-2)8-6-11/h5-8,10,13H,3-4,9H2,1-2H3/t13-/m1/s1. The van der Waals surface area contributed by atoms with Crippen LogP contribution in [-0.2, 0) is 7.05 Å². The van der Waals surface area contributed by atoms with Crippen LogP contribution in [0.25, 0.3) is 11.0 Å². The zero-order valence-electron chi connectivity index (χ0n) is 13.6. The summed E-state index contributed by atoms with van der Waals surface area (Å²) in [5, 5.41) is 5.40. The van der Waals surface area contributed by atoms with Crippen molar-refractivity contribution in [3.05, 3.63) is 40.8 Å². The monoisotopic (exact) mass is 387 g/mol. The molecule has 0 saturated carbocycles. The van der Waals surface area contributed by atoms with Crippen LogP contribution in [0.1, 0.15) is 24.4 Å². The number of halogens is 1. The second kappa shape index (κ2) is 6.05. The van der Waals surface area contributed by atoms with Crippen molar-refractivity contribution in [1.82, 2.24) is 19.7 Å². The van der Waals surface area contributed by atoms with Crippen molar-refractivity contribution < 1.29 is 4.74 Å². The molecule has 1 atom stereocenters. The minimum atomic E-state index is 0.307. The van der Waals surface area contributed by atoms with Crippen LogP contribution in [0.3, 0.4) is 0 Å². The fourth-order valence-electron chi connectivity index (χ4n) is 3.44. The van der Waals surface area contributed by atoms with Crippen LogP contribution in [0.2, 0.25) is 0 Å². The predicted octanol–water partition coefficient (Wildman–Crippen LogP) is 3.48. The summed E-state index contributed by atoms with van der Waals surface area (Å²) in [7, 11) is 3.59. The van der Waals surface area contributed by atoms with Gasteiger partial charge in [0.25, 0.3) is 0 Å². The lowest BCUT2D eigenvalue weighted by molar-refractivity contribution is 0.414. The summed E-state index contributed by atoms with van der Waals surface area (Å²) >= 11 is 3.56. The van der Waals surface area contributed by atoms with E-state index in [-0.39, 0.29) is 0 Å². The molecule has 2 aromatic heterocycles.